The highest BCUT2D eigenvalue weighted by molar-refractivity contribution is 9.10. The highest BCUT2D eigenvalue weighted by Crippen LogP contribution is 2.21. The van der Waals surface area contributed by atoms with Gasteiger partial charge in [0.2, 0.25) is 0 Å². The van der Waals surface area contributed by atoms with E-state index in [0.717, 1.165) is 35.0 Å². The summed E-state index contributed by atoms with van der Waals surface area (Å²) in [7, 11) is 0. The molecule has 0 aliphatic heterocycles. The van der Waals surface area contributed by atoms with Crippen LogP contribution in [-0.4, -0.2) is 12.3 Å². The first-order chi connectivity index (χ1) is 10.7. The van der Waals surface area contributed by atoms with Crippen LogP contribution in [0.5, 0.6) is 0 Å². The number of nitrogens with one attached hydrogen (secondary N) is 1. The number of halogens is 1. The molecule has 1 unspecified atom stereocenters. The summed E-state index contributed by atoms with van der Waals surface area (Å²) in [5, 5.41) is 3.52. The first-order valence-electron chi connectivity index (χ1n) is 7.77. The molecule has 1 atom stereocenters. The summed E-state index contributed by atoms with van der Waals surface area (Å²) in [6, 6.07) is 17.8. The van der Waals surface area contributed by atoms with Gasteiger partial charge in [-0.05, 0) is 30.7 Å². The Balaban J connectivity index is 2.10. The summed E-state index contributed by atoms with van der Waals surface area (Å²) >= 11 is 3.46. The summed E-state index contributed by atoms with van der Waals surface area (Å²) in [6.45, 7) is 3.10. The second-order valence-corrected chi connectivity index (χ2v) is 6.32. The average Bonchev–Trinajstić information content (AvgIpc) is 2.55. The normalized spacial score (nSPS) is 12.1. The number of hydrogen-bond donors (Lipinski definition) is 1. The molecule has 3 heteroatoms. The van der Waals surface area contributed by atoms with E-state index in [9.17, 15) is 4.79 Å². The molecule has 2 aromatic carbocycles. The fourth-order valence-electron chi connectivity index (χ4n) is 2.38. The minimum Gasteiger partial charge on any atom is -0.310 e. The second kappa shape index (κ2) is 8.86. The molecule has 0 bridgehead atoms. The minimum atomic E-state index is 0.0624. The van der Waals surface area contributed by atoms with Crippen molar-refractivity contribution in [2.45, 2.75) is 32.2 Å². The molecule has 0 saturated carbocycles. The van der Waals surface area contributed by atoms with Gasteiger partial charge in [-0.15, -0.1) is 0 Å². The molecule has 0 fully saturated rings. The zero-order chi connectivity index (χ0) is 15.8. The molecule has 2 nitrogen and oxygen atoms in total. The third-order valence-electron chi connectivity index (χ3n) is 3.68. The first-order valence-corrected chi connectivity index (χ1v) is 8.57. The van der Waals surface area contributed by atoms with Crippen LogP contribution < -0.4 is 5.32 Å². The van der Waals surface area contributed by atoms with Crippen molar-refractivity contribution in [1.29, 1.82) is 0 Å². The molecular formula is C19H22BrNO. The fraction of sp³-hybridized carbons (Fsp3) is 0.316. The second-order valence-electron chi connectivity index (χ2n) is 5.41. The van der Waals surface area contributed by atoms with Crippen LogP contribution in [0, 0.1) is 0 Å². The minimum absolute atomic E-state index is 0.0624. The van der Waals surface area contributed by atoms with Gasteiger partial charge in [0.05, 0.1) is 0 Å². The predicted octanol–water partition coefficient (Wildman–Crippen LogP) is 5.15. The lowest BCUT2D eigenvalue weighted by molar-refractivity contribution is 0.0968. The Morgan fingerprint density at radius 3 is 2.41 bits per heavy atom. The fourth-order valence-corrected chi connectivity index (χ4v) is 2.65. The molecule has 0 heterocycles. The van der Waals surface area contributed by atoms with E-state index in [1.807, 2.05) is 42.5 Å². The molecule has 0 radical (unpaired) electrons. The van der Waals surface area contributed by atoms with Crippen molar-refractivity contribution in [2.75, 3.05) is 6.54 Å². The predicted molar refractivity (Wildman–Crippen MR) is 95.2 cm³/mol. The molecule has 2 rings (SSSR count). The number of benzene rings is 2. The Bertz CT molecular complexity index is 580. The summed E-state index contributed by atoms with van der Waals surface area (Å²) in [5.41, 5.74) is 1.94. The van der Waals surface area contributed by atoms with Crippen LogP contribution in [0.3, 0.4) is 0 Å². The van der Waals surface area contributed by atoms with E-state index in [2.05, 4.69) is 40.3 Å². The van der Waals surface area contributed by atoms with Crippen LogP contribution >= 0.6 is 15.9 Å². The summed E-state index contributed by atoms with van der Waals surface area (Å²) in [4.78, 5) is 12.5. The highest BCUT2D eigenvalue weighted by Gasteiger charge is 2.16. The molecule has 22 heavy (non-hydrogen) atoms. The van der Waals surface area contributed by atoms with E-state index in [1.165, 1.54) is 0 Å². The van der Waals surface area contributed by atoms with Crippen molar-refractivity contribution in [3.63, 3.8) is 0 Å². The van der Waals surface area contributed by atoms with Gasteiger partial charge in [-0.3, -0.25) is 4.79 Å². The Hall–Kier alpha value is -1.45. The summed E-state index contributed by atoms with van der Waals surface area (Å²) in [6.07, 6.45) is 2.74. The zero-order valence-corrected chi connectivity index (χ0v) is 14.5. The molecule has 0 spiro atoms. The Kier molecular flexibility index (Phi) is 6.81. The Labute approximate surface area is 141 Å². The number of Topliss-reactive ketones (excluding diaryl/α,β-unsaturated/α-hetero) is 1. The molecule has 1 N–H and O–H groups in total. The smallest absolute Gasteiger partial charge is 0.164 e. The maximum Gasteiger partial charge on any atom is 0.164 e. The van der Waals surface area contributed by atoms with Crippen molar-refractivity contribution in [2.24, 2.45) is 0 Å². The van der Waals surface area contributed by atoms with E-state index in [1.54, 1.807) is 0 Å². The van der Waals surface area contributed by atoms with Gasteiger partial charge in [0.25, 0.3) is 0 Å². The molecular weight excluding hydrogens is 338 g/mol. The van der Waals surface area contributed by atoms with Gasteiger partial charge in [-0.25, -0.2) is 0 Å². The number of hydrogen-bond acceptors (Lipinski definition) is 2. The molecule has 2 aromatic rings. The molecule has 0 aliphatic rings. The van der Waals surface area contributed by atoms with Crippen LogP contribution in [0.2, 0.25) is 0 Å². The number of ketones is 1. The monoisotopic (exact) mass is 359 g/mol. The zero-order valence-electron chi connectivity index (χ0n) is 12.9. The van der Waals surface area contributed by atoms with Gasteiger partial charge in [0, 0.05) is 22.5 Å². The largest absolute Gasteiger partial charge is 0.310 e. The van der Waals surface area contributed by atoms with Crippen LogP contribution in [0.25, 0.3) is 0 Å². The van der Waals surface area contributed by atoms with Gasteiger partial charge in [0.1, 0.15) is 0 Å². The average molecular weight is 360 g/mol. The quantitative estimate of drug-likeness (QED) is 0.521. The molecule has 0 saturated heterocycles. The van der Waals surface area contributed by atoms with E-state index in [4.69, 9.17) is 0 Å². The summed E-state index contributed by atoms with van der Waals surface area (Å²) < 4.78 is 1.05. The molecule has 0 aliphatic carbocycles. The number of carbonyl (C=O) groups is 1. The van der Waals surface area contributed by atoms with Crippen molar-refractivity contribution in [1.82, 2.24) is 5.32 Å². The van der Waals surface area contributed by atoms with E-state index in [0.29, 0.717) is 6.42 Å². The molecule has 0 aromatic heterocycles. The third kappa shape index (κ3) is 5.08. The van der Waals surface area contributed by atoms with Crippen LogP contribution in [0.15, 0.2) is 59.1 Å². The van der Waals surface area contributed by atoms with E-state index >= 15 is 0 Å². The van der Waals surface area contributed by atoms with Crippen LogP contribution in [-0.2, 0) is 0 Å². The number of unbranched alkanes of at least 4 members (excludes halogenated alkanes) is 1. The van der Waals surface area contributed by atoms with Gasteiger partial charge >= 0.3 is 0 Å². The van der Waals surface area contributed by atoms with Crippen molar-refractivity contribution in [3.8, 4) is 0 Å². The first kappa shape index (κ1) is 16.9. The maximum atomic E-state index is 12.5. The lowest BCUT2D eigenvalue weighted by Crippen LogP contribution is -2.25. The van der Waals surface area contributed by atoms with E-state index < -0.39 is 0 Å². The maximum absolute atomic E-state index is 12.5. The number of carbonyl (C=O) groups excluding carboxylic acids is 1. The van der Waals surface area contributed by atoms with Gasteiger partial charge in [-0.2, -0.15) is 0 Å². The topological polar surface area (TPSA) is 29.1 Å². The molecule has 0 amide bonds. The van der Waals surface area contributed by atoms with Crippen molar-refractivity contribution >= 4 is 21.7 Å². The van der Waals surface area contributed by atoms with Crippen molar-refractivity contribution in [3.05, 3.63) is 70.2 Å². The molecule has 116 valence electrons. The van der Waals surface area contributed by atoms with Gasteiger partial charge in [0.15, 0.2) is 5.78 Å². The Morgan fingerprint density at radius 1 is 1.09 bits per heavy atom. The van der Waals surface area contributed by atoms with Crippen molar-refractivity contribution < 1.29 is 4.79 Å². The standard InChI is InChI=1S/C19H22BrNO/c1-2-3-13-21-18(15-9-11-17(20)12-10-15)14-19(22)16-7-5-4-6-8-16/h4-12,18,21H,2-3,13-14H2,1H3. The highest BCUT2D eigenvalue weighted by atomic mass is 79.9. The Morgan fingerprint density at radius 2 is 1.77 bits per heavy atom. The lowest BCUT2D eigenvalue weighted by atomic mass is 9.98. The number of rotatable bonds is 8. The third-order valence-corrected chi connectivity index (χ3v) is 4.21. The van der Waals surface area contributed by atoms with Gasteiger partial charge in [-0.1, -0.05) is 71.7 Å². The van der Waals surface area contributed by atoms with Crippen LogP contribution in [0.1, 0.15) is 48.1 Å². The summed E-state index contributed by atoms with van der Waals surface area (Å²) in [5.74, 6) is 0.178. The van der Waals surface area contributed by atoms with Gasteiger partial charge < -0.3 is 5.32 Å². The van der Waals surface area contributed by atoms with E-state index in [-0.39, 0.29) is 11.8 Å². The van der Waals surface area contributed by atoms with Crippen LogP contribution in [0.4, 0.5) is 0 Å². The SMILES string of the molecule is CCCCNC(CC(=O)c1ccccc1)c1ccc(Br)cc1. The lowest BCUT2D eigenvalue weighted by Gasteiger charge is -2.19.